The Hall–Kier alpha value is -0.820. The first-order valence-corrected chi connectivity index (χ1v) is 6.64. The van der Waals surface area contributed by atoms with E-state index in [2.05, 4.69) is 49.5 Å². The van der Waals surface area contributed by atoms with Crippen molar-refractivity contribution in [1.82, 2.24) is 5.32 Å². The SMILES string of the molecule is CCCNC(CCC)CCc1ccccc1. The first-order valence-electron chi connectivity index (χ1n) is 6.64. The Morgan fingerprint density at radius 1 is 1.00 bits per heavy atom. The van der Waals surface area contributed by atoms with E-state index in [0.717, 1.165) is 6.54 Å². The number of hydrogen-bond acceptors (Lipinski definition) is 1. The highest BCUT2D eigenvalue weighted by Crippen LogP contribution is 2.08. The lowest BCUT2D eigenvalue weighted by atomic mass is 10.0. The summed E-state index contributed by atoms with van der Waals surface area (Å²) in [7, 11) is 0. The van der Waals surface area contributed by atoms with E-state index in [9.17, 15) is 0 Å². The van der Waals surface area contributed by atoms with Gasteiger partial charge in [0.15, 0.2) is 0 Å². The first-order chi connectivity index (χ1) is 7.86. The van der Waals surface area contributed by atoms with Crippen LogP contribution in [-0.4, -0.2) is 12.6 Å². The van der Waals surface area contributed by atoms with E-state index in [-0.39, 0.29) is 0 Å². The Morgan fingerprint density at radius 3 is 2.38 bits per heavy atom. The van der Waals surface area contributed by atoms with E-state index < -0.39 is 0 Å². The van der Waals surface area contributed by atoms with Gasteiger partial charge in [-0.3, -0.25) is 0 Å². The monoisotopic (exact) mass is 219 g/mol. The van der Waals surface area contributed by atoms with Crippen molar-refractivity contribution >= 4 is 0 Å². The van der Waals surface area contributed by atoms with Crippen LogP contribution in [0.1, 0.15) is 45.1 Å². The molecule has 1 unspecified atom stereocenters. The van der Waals surface area contributed by atoms with E-state index >= 15 is 0 Å². The van der Waals surface area contributed by atoms with Gasteiger partial charge in [-0.1, -0.05) is 50.6 Å². The van der Waals surface area contributed by atoms with Gasteiger partial charge in [0.2, 0.25) is 0 Å². The molecule has 90 valence electrons. The second-order valence-electron chi connectivity index (χ2n) is 4.46. The van der Waals surface area contributed by atoms with Crippen molar-refractivity contribution in [2.45, 2.75) is 52.0 Å². The Morgan fingerprint density at radius 2 is 1.75 bits per heavy atom. The summed E-state index contributed by atoms with van der Waals surface area (Å²) in [5.41, 5.74) is 1.46. The van der Waals surface area contributed by atoms with Crippen LogP contribution in [0.4, 0.5) is 0 Å². The third-order valence-corrected chi connectivity index (χ3v) is 2.94. The molecule has 1 N–H and O–H groups in total. The molecule has 0 aliphatic carbocycles. The minimum Gasteiger partial charge on any atom is -0.314 e. The lowest BCUT2D eigenvalue weighted by Gasteiger charge is -2.17. The lowest BCUT2D eigenvalue weighted by molar-refractivity contribution is 0.449. The normalized spacial score (nSPS) is 12.6. The quantitative estimate of drug-likeness (QED) is 0.701. The molecule has 1 rings (SSSR count). The van der Waals surface area contributed by atoms with Crippen molar-refractivity contribution in [1.29, 1.82) is 0 Å². The van der Waals surface area contributed by atoms with Gasteiger partial charge >= 0.3 is 0 Å². The second kappa shape index (κ2) is 8.35. The summed E-state index contributed by atoms with van der Waals surface area (Å²) in [6, 6.07) is 11.5. The topological polar surface area (TPSA) is 12.0 Å². The maximum Gasteiger partial charge on any atom is 0.00701 e. The average Bonchev–Trinajstić information content (AvgIpc) is 2.34. The van der Waals surface area contributed by atoms with Crippen LogP contribution in [0.5, 0.6) is 0 Å². The molecule has 1 aromatic rings. The number of rotatable bonds is 8. The van der Waals surface area contributed by atoms with E-state index in [4.69, 9.17) is 0 Å². The van der Waals surface area contributed by atoms with Crippen molar-refractivity contribution in [2.75, 3.05) is 6.54 Å². The number of aryl methyl sites for hydroxylation is 1. The molecule has 0 fully saturated rings. The highest BCUT2D eigenvalue weighted by atomic mass is 14.9. The molecule has 0 heterocycles. The molecule has 0 spiro atoms. The van der Waals surface area contributed by atoms with Crippen molar-refractivity contribution in [3.63, 3.8) is 0 Å². The van der Waals surface area contributed by atoms with Crippen LogP contribution in [0.3, 0.4) is 0 Å². The summed E-state index contributed by atoms with van der Waals surface area (Å²) in [6.45, 7) is 5.65. The third kappa shape index (κ3) is 5.32. The minimum atomic E-state index is 0.699. The Labute approximate surface area is 100 Å². The summed E-state index contributed by atoms with van der Waals surface area (Å²) in [4.78, 5) is 0. The van der Waals surface area contributed by atoms with Crippen LogP contribution < -0.4 is 5.32 Å². The van der Waals surface area contributed by atoms with Gasteiger partial charge in [-0.2, -0.15) is 0 Å². The fourth-order valence-electron chi connectivity index (χ4n) is 2.03. The molecule has 1 nitrogen and oxygen atoms in total. The smallest absolute Gasteiger partial charge is 0.00701 e. The Balaban J connectivity index is 2.31. The summed E-state index contributed by atoms with van der Waals surface area (Å²) in [6.07, 6.45) is 6.26. The van der Waals surface area contributed by atoms with Gasteiger partial charge in [-0.05, 0) is 37.8 Å². The van der Waals surface area contributed by atoms with E-state index in [1.807, 2.05) is 0 Å². The molecule has 0 amide bonds. The Kier molecular flexibility index (Phi) is 6.91. The van der Waals surface area contributed by atoms with Crippen LogP contribution in [0.15, 0.2) is 30.3 Å². The molecular formula is C15H25N. The first kappa shape index (κ1) is 13.2. The molecule has 1 atom stereocenters. The fourth-order valence-corrected chi connectivity index (χ4v) is 2.03. The molecule has 0 bridgehead atoms. The summed E-state index contributed by atoms with van der Waals surface area (Å²) in [5, 5.41) is 3.64. The van der Waals surface area contributed by atoms with Crippen LogP contribution in [0.2, 0.25) is 0 Å². The van der Waals surface area contributed by atoms with Gasteiger partial charge in [0, 0.05) is 6.04 Å². The van der Waals surface area contributed by atoms with Crippen LogP contribution >= 0.6 is 0 Å². The fraction of sp³-hybridized carbons (Fsp3) is 0.600. The molecule has 1 aromatic carbocycles. The van der Waals surface area contributed by atoms with Gasteiger partial charge in [0.25, 0.3) is 0 Å². The van der Waals surface area contributed by atoms with E-state index in [0.29, 0.717) is 6.04 Å². The summed E-state index contributed by atoms with van der Waals surface area (Å²) in [5.74, 6) is 0. The van der Waals surface area contributed by atoms with Gasteiger partial charge in [-0.25, -0.2) is 0 Å². The van der Waals surface area contributed by atoms with Crippen molar-refractivity contribution in [3.05, 3.63) is 35.9 Å². The predicted octanol–water partition coefficient (Wildman–Crippen LogP) is 3.79. The number of benzene rings is 1. The van der Waals surface area contributed by atoms with Crippen molar-refractivity contribution < 1.29 is 0 Å². The van der Waals surface area contributed by atoms with Gasteiger partial charge in [0.05, 0.1) is 0 Å². The Bertz CT molecular complexity index is 255. The minimum absolute atomic E-state index is 0.699. The van der Waals surface area contributed by atoms with Crippen LogP contribution in [0, 0.1) is 0 Å². The lowest BCUT2D eigenvalue weighted by Crippen LogP contribution is -2.30. The maximum atomic E-state index is 3.64. The van der Waals surface area contributed by atoms with Crippen molar-refractivity contribution in [3.8, 4) is 0 Å². The number of hydrogen-bond donors (Lipinski definition) is 1. The van der Waals surface area contributed by atoms with Gasteiger partial charge in [0.1, 0.15) is 0 Å². The average molecular weight is 219 g/mol. The van der Waals surface area contributed by atoms with E-state index in [1.54, 1.807) is 0 Å². The molecule has 0 aromatic heterocycles. The zero-order chi connectivity index (χ0) is 11.6. The highest BCUT2D eigenvalue weighted by molar-refractivity contribution is 5.14. The van der Waals surface area contributed by atoms with Crippen molar-refractivity contribution in [2.24, 2.45) is 0 Å². The maximum absolute atomic E-state index is 3.64. The predicted molar refractivity (Wildman–Crippen MR) is 71.8 cm³/mol. The molecular weight excluding hydrogens is 194 g/mol. The standard InChI is InChI=1S/C15H25N/c1-3-8-15(16-13-4-2)12-11-14-9-6-5-7-10-14/h5-7,9-10,15-16H,3-4,8,11-13H2,1-2H3. The second-order valence-corrected chi connectivity index (χ2v) is 4.46. The molecule has 1 heteroatoms. The highest BCUT2D eigenvalue weighted by Gasteiger charge is 2.06. The summed E-state index contributed by atoms with van der Waals surface area (Å²) >= 11 is 0. The van der Waals surface area contributed by atoms with Crippen LogP contribution in [-0.2, 0) is 6.42 Å². The zero-order valence-corrected chi connectivity index (χ0v) is 10.7. The van der Waals surface area contributed by atoms with Gasteiger partial charge < -0.3 is 5.32 Å². The van der Waals surface area contributed by atoms with Gasteiger partial charge in [-0.15, -0.1) is 0 Å². The summed E-state index contributed by atoms with van der Waals surface area (Å²) < 4.78 is 0. The molecule has 0 aliphatic heterocycles. The largest absolute Gasteiger partial charge is 0.314 e. The molecule has 0 radical (unpaired) electrons. The van der Waals surface area contributed by atoms with Crippen LogP contribution in [0.25, 0.3) is 0 Å². The molecule has 16 heavy (non-hydrogen) atoms. The molecule has 0 saturated heterocycles. The zero-order valence-electron chi connectivity index (χ0n) is 10.7. The molecule has 0 aliphatic rings. The van der Waals surface area contributed by atoms with E-state index in [1.165, 1.54) is 37.7 Å². The molecule has 0 saturated carbocycles. The number of nitrogens with one attached hydrogen (secondary N) is 1. The third-order valence-electron chi connectivity index (χ3n) is 2.94.